The lowest BCUT2D eigenvalue weighted by Crippen LogP contribution is -2.15. The van der Waals surface area contributed by atoms with Crippen molar-refractivity contribution in [3.05, 3.63) is 60.2 Å². The molecule has 0 saturated carbocycles. The van der Waals surface area contributed by atoms with Crippen molar-refractivity contribution in [1.29, 1.82) is 0 Å². The van der Waals surface area contributed by atoms with Gasteiger partial charge in [0, 0.05) is 0 Å². The van der Waals surface area contributed by atoms with Crippen LogP contribution in [0.1, 0.15) is 37.0 Å². The topological polar surface area (TPSA) is 26.3 Å². The van der Waals surface area contributed by atoms with Crippen LogP contribution in [0, 0.1) is 0 Å². The van der Waals surface area contributed by atoms with Gasteiger partial charge >= 0.3 is 5.97 Å². The molecular weight excluding hydrogens is 224 g/mol. The number of ether oxygens (including phenoxy) is 1. The maximum Gasteiger partial charge on any atom is 0.338 e. The largest absolute Gasteiger partial charge is 0.455 e. The van der Waals surface area contributed by atoms with E-state index in [-0.39, 0.29) is 12.1 Å². The number of hydrogen-bond acceptors (Lipinski definition) is 2. The second kappa shape index (κ2) is 7.49. The van der Waals surface area contributed by atoms with Gasteiger partial charge in [-0.05, 0) is 38.8 Å². The van der Waals surface area contributed by atoms with Crippen LogP contribution >= 0.6 is 0 Å². The van der Waals surface area contributed by atoms with Gasteiger partial charge in [0.1, 0.15) is 6.10 Å². The summed E-state index contributed by atoms with van der Waals surface area (Å²) in [6, 6.07) is 9.01. The SMILES string of the molecule is C=C[C@@H](CCC=C(C)C)OC(=O)c1ccccc1. The molecule has 0 amide bonds. The summed E-state index contributed by atoms with van der Waals surface area (Å²) in [5.41, 5.74) is 1.85. The Balaban J connectivity index is 2.51. The second-order valence-electron chi connectivity index (χ2n) is 4.40. The highest BCUT2D eigenvalue weighted by atomic mass is 16.5. The third kappa shape index (κ3) is 5.00. The molecule has 1 atom stereocenters. The van der Waals surface area contributed by atoms with E-state index in [1.165, 1.54) is 5.57 Å². The molecule has 2 nitrogen and oxygen atoms in total. The van der Waals surface area contributed by atoms with Gasteiger partial charge in [-0.15, -0.1) is 0 Å². The van der Waals surface area contributed by atoms with E-state index in [1.807, 2.05) is 18.2 Å². The molecule has 0 unspecified atom stereocenters. The molecule has 0 N–H and O–H groups in total. The molecular formula is C16H20O2. The monoisotopic (exact) mass is 244 g/mol. The van der Waals surface area contributed by atoms with Crippen LogP contribution in [-0.4, -0.2) is 12.1 Å². The molecule has 0 radical (unpaired) electrons. The number of esters is 1. The minimum absolute atomic E-state index is 0.228. The Morgan fingerprint density at radius 2 is 2.00 bits per heavy atom. The molecule has 0 aliphatic carbocycles. The van der Waals surface area contributed by atoms with E-state index in [9.17, 15) is 4.79 Å². The molecule has 18 heavy (non-hydrogen) atoms. The molecule has 1 rings (SSSR count). The van der Waals surface area contributed by atoms with Gasteiger partial charge in [-0.1, -0.05) is 42.5 Å². The summed E-state index contributed by atoms with van der Waals surface area (Å²) in [6.45, 7) is 7.82. The number of carbonyl (C=O) groups is 1. The fourth-order valence-electron chi connectivity index (χ4n) is 1.54. The molecule has 1 aromatic rings. The Bertz CT molecular complexity index is 414. The normalized spacial score (nSPS) is 11.4. The maximum atomic E-state index is 11.8. The van der Waals surface area contributed by atoms with Crippen molar-refractivity contribution in [2.75, 3.05) is 0 Å². The molecule has 96 valence electrons. The Morgan fingerprint density at radius 1 is 1.33 bits per heavy atom. The van der Waals surface area contributed by atoms with Crippen molar-refractivity contribution in [1.82, 2.24) is 0 Å². The summed E-state index contributed by atoms with van der Waals surface area (Å²) >= 11 is 0. The van der Waals surface area contributed by atoms with Crippen molar-refractivity contribution < 1.29 is 9.53 Å². The van der Waals surface area contributed by atoms with Crippen molar-refractivity contribution >= 4 is 5.97 Å². The first-order valence-corrected chi connectivity index (χ1v) is 6.15. The van der Waals surface area contributed by atoms with Crippen molar-refractivity contribution in [3.8, 4) is 0 Å². The first-order chi connectivity index (χ1) is 8.63. The Morgan fingerprint density at radius 3 is 2.56 bits per heavy atom. The lowest BCUT2D eigenvalue weighted by atomic mass is 10.1. The quantitative estimate of drug-likeness (QED) is 0.555. The highest BCUT2D eigenvalue weighted by molar-refractivity contribution is 5.89. The van der Waals surface area contributed by atoms with Crippen LogP contribution in [0.2, 0.25) is 0 Å². The van der Waals surface area contributed by atoms with Gasteiger partial charge in [0.15, 0.2) is 0 Å². The molecule has 0 heterocycles. The third-order valence-electron chi connectivity index (χ3n) is 2.53. The number of hydrogen-bond donors (Lipinski definition) is 0. The van der Waals surface area contributed by atoms with Crippen LogP contribution in [0.25, 0.3) is 0 Å². The van der Waals surface area contributed by atoms with Gasteiger partial charge in [-0.25, -0.2) is 4.79 Å². The summed E-state index contributed by atoms with van der Waals surface area (Å²) < 4.78 is 5.38. The fraction of sp³-hybridized carbons (Fsp3) is 0.312. The number of rotatable bonds is 6. The van der Waals surface area contributed by atoms with Crippen LogP contribution < -0.4 is 0 Å². The standard InChI is InChI=1S/C16H20O2/c1-4-15(12-8-9-13(2)3)18-16(17)14-10-6-5-7-11-14/h4-7,9-11,15H,1,8,12H2,2-3H3/t15-/m0/s1. The number of carbonyl (C=O) groups excluding carboxylic acids is 1. The maximum absolute atomic E-state index is 11.8. The predicted octanol–water partition coefficient (Wildman–Crippen LogP) is 4.14. The lowest BCUT2D eigenvalue weighted by Gasteiger charge is -2.13. The highest BCUT2D eigenvalue weighted by Crippen LogP contribution is 2.10. The smallest absolute Gasteiger partial charge is 0.338 e. The predicted molar refractivity (Wildman–Crippen MR) is 74.5 cm³/mol. The van der Waals surface area contributed by atoms with Crippen LogP contribution in [0.4, 0.5) is 0 Å². The van der Waals surface area contributed by atoms with Gasteiger partial charge in [0.05, 0.1) is 5.56 Å². The number of benzene rings is 1. The van der Waals surface area contributed by atoms with Crippen LogP contribution in [0.5, 0.6) is 0 Å². The molecule has 0 aliphatic rings. The Hall–Kier alpha value is -1.83. The van der Waals surface area contributed by atoms with Crippen molar-refractivity contribution in [3.63, 3.8) is 0 Å². The molecule has 2 heteroatoms. The van der Waals surface area contributed by atoms with Crippen LogP contribution in [0.15, 0.2) is 54.6 Å². The van der Waals surface area contributed by atoms with E-state index in [2.05, 4.69) is 26.5 Å². The van der Waals surface area contributed by atoms with E-state index in [0.717, 1.165) is 12.8 Å². The van der Waals surface area contributed by atoms with E-state index < -0.39 is 0 Å². The van der Waals surface area contributed by atoms with Gasteiger partial charge < -0.3 is 4.74 Å². The summed E-state index contributed by atoms with van der Waals surface area (Å²) in [6.07, 6.45) is 5.24. The first kappa shape index (κ1) is 14.2. The van der Waals surface area contributed by atoms with Gasteiger partial charge in [0.25, 0.3) is 0 Å². The van der Waals surface area contributed by atoms with Crippen molar-refractivity contribution in [2.24, 2.45) is 0 Å². The molecule has 0 bridgehead atoms. The van der Waals surface area contributed by atoms with Gasteiger partial charge in [-0.3, -0.25) is 0 Å². The highest BCUT2D eigenvalue weighted by Gasteiger charge is 2.11. The second-order valence-corrected chi connectivity index (χ2v) is 4.40. The summed E-state index contributed by atoms with van der Waals surface area (Å²) in [5.74, 6) is -0.294. The fourth-order valence-corrected chi connectivity index (χ4v) is 1.54. The van der Waals surface area contributed by atoms with Gasteiger partial charge in [0.2, 0.25) is 0 Å². The summed E-state index contributed by atoms with van der Waals surface area (Å²) in [5, 5.41) is 0. The molecule has 0 spiro atoms. The average Bonchev–Trinajstić information content (AvgIpc) is 2.38. The lowest BCUT2D eigenvalue weighted by molar-refractivity contribution is 0.0383. The van der Waals surface area contributed by atoms with Crippen molar-refractivity contribution in [2.45, 2.75) is 32.8 Å². The van der Waals surface area contributed by atoms with E-state index in [1.54, 1.807) is 18.2 Å². The minimum atomic E-state index is -0.294. The van der Waals surface area contributed by atoms with E-state index in [0.29, 0.717) is 5.56 Å². The molecule has 0 saturated heterocycles. The molecule has 0 aliphatic heterocycles. The molecule has 0 aromatic heterocycles. The zero-order valence-electron chi connectivity index (χ0n) is 11.1. The average molecular weight is 244 g/mol. The minimum Gasteiger partial charge on any atom is -0.455 e. The zero-order valence-corrected chi connectivity index (χ0v) is 11.1. The summed E-state index contributed by atoms with van der Waals surface area (Å²) in [7, 11) is 0. The Kier molecular flexibility index (Phi) is 5.92. The van der Waals surface area contributed by atoms with Gasteiger partial charge in [-0.2, -0.15) is 0 Å². The molecule has 1 aromatic carbocycles. The van der Waals surface area contributed by atoms with Crippen LogP contribution in [-0.2, 0) is 4.74 Å². The number of allylic oxidation sites excluding steroid dienone is 2. The first-order valence-electron chi connectivity index (χ1n) is 6.15. The molecule has 0 fully saturated rings. The summed E-state index contributed by atoms with van der Waals surface area (Å²) in [4.78, 5) is 11.8. The van der Waals surface area contributed by atoms with E-state index in [4.69, 9.17) is 4.74 Å². The third-order valence-corrected chi connectivity index (χ3v) is 2.53. The zero-order chi connectivity index (χ0) is 13.4. The van der Waals surface area contributed by atoms with Crippen LogP contribution in [0.3, 0.4) is 0 Å². The van der Waals surface area contributed by atoms with E-state index >= 15 is 0 Å². The Labute approximate surface area is 109 Å².